The quantitative estimate of drug-likeness (QED) is 0.574. The topological polar surface area (TPSA) is 104 Å². The largest absolute Gasteiger partial charge is 0.394 e. The summed E-state index contributed by atoms with van der Waals surface area (Å²) >= 11 is 0. The van der Waals surface area contributed by atoms with E-state index in [0.717, 1.165) is 16.8 Å². The van der Waals surface area contributed by atoms with Gasteiger partial charge < -0.3 is 21.3 Å². The van der Waals surface area contributed by atoms with Crippen molar-refractivity contribution < 1.29 is 10.2 Å². The highest BCUT2D eigenvalue weighted by atomic mass is 16.3. The molecule has 0 fully saturated rings. The highest BCUT2D eigenvalue weighted by Crippen LogP contribution is 2.22. The van der Waals surface area contributed by atoms with Crippen LogP contribution in [0.2, 0.25) is 0 Å². The maximum absolute atomic E-state index is 9.42. The molecule has 0 aliphatic rings. The lowest BCUT2D eigenvalue weighted by Crippen LogP contribution is -2.46. The first-order valence-corrected chi connectivity index (χ1v) is 6.06. The van der Waals surface area contributed by atoms with E-state index in [1.165, 1.54) is 0 Å². The Balaban J connectivity index is 3.14. The van der Waals surface area contributed by atoms with E-state index >= 15 is 0 Å². The second kappa shape index (κ2) is 6.08. The Morgan fingerprint density at radius 1 is 1.22 bits per heavy atom. The number of anilines is 1. The molecule has 0 unspecified atom stereocenters. The van der Waals surface area contributed by atoms with Gasteiger partial charge in [0, 0.05) is 12.1 Å². The summed E-state index contributed by atoms with van der Waals surface area (Å²) in [6.07, 6.45) is 0.568. The predicted octanol–water partition coefficient (Wildman–Crippen LogP) is 0.0974. The van der Waals surface area contributed by atoms with Crippen molar-refractivity contribution in [2.75, 3.05) is 18.5 Å². The van der Waals surface area contributed by atoms with Gasteiger partial charge in [0.1, 0.15) is 0 Å². The average molecular weight is 254 g/mol. The van der Waals surface area contributed by atoms with Crippen LogP contribution >= 0.6 is 0 Å². The Morgan fingerprint density at radius 2 is 1.83 bits per heavy atom. The van der Waals surface area contributed by atoms with E-state index in [2.05, 4.69) is 15.5 Å². The summed E-state index contributed by atoms with van der Waals surface area (Å²) in [6, 6.07) is 0. The van der Waals surface area contributed by atoms with Crippen molar-refractivity contribution in [3.63, 3.8) is 0 Å². The van der Waals surface area contributed by atoms with E-state index in [9.17, 15) is 10.2 Å². The summed E-state index contributed by atoms with van der Waals surface area (Å²) in [5, 5.41) is 30.0. The van der Waals surface area contributed by atoms with Crippen molar-refractivity contribution in [1.29, 1.82) is 0 Å². The maximum atomic E-state index is 9.42. The van der Waals surface area contributed by atoms with Crippen LogP contribution < -0.4 is 11.1 Å². The van der Waals surface area contributed by atoms with Gasteiger partial charge in [-0.2, -0.15) is 5.10 Å². The molecule has 102 valence electrons. The molecule has 0 bridgehead atoms. The van der Waals surface area contributed by atoms with Crippen LogP contribution in [0.1, 0.15) is 30.2 Å². The first kappa shape index (κ1) is 14.8. The van der Waals surface area contributed by atoms with E-state index in [-0.39, 0.29) is 13.2 Å². The smallest absolute Gasteiger partial charge is 0.154 e. The normalized spacial score (nSPS) is 11.7. The van der Waals surface area contributed by atoms with E-state index < -0.39 is 5.54 Å². The van der Waals surface area contributed by atoms with Gasteiger partial charge >= 0.3 is 0 Å². The average Bonchev–Trinajstić information content (AvgIpc) is 2.40. The van der Waals surface area contributed by atoms with Crippen molar-refractivity contribution >= 4 is 5.82 Å². The second-order valence-electron chi connectivity index (χ2n) is 4.52. The Kier molecular flexibility index (Phi) is 5.01. The molecule has 0 aromatic carbocycles. The van der Waals surface area contributed by atoms with Crippen LogP contribution in [0.25, 0.3) is 0 Å². The molecule has 0 aliphatic heterocycles. The van der Waals surface area contributed by atoms with Crippen molar-refractivity contribution in [2.24, 2.45) is 5.73 Å². The van der Waals surface area contributed by atoms with Crippen molar-refractivity contribution in [3.8, 4) is 0 Å². The van der Waals surface area contributed by atoms with Crippen LogP contribution in [0.15, 0.2) is 0 Å². The van der Waals surface area contributed by atoms with Gasteiger partial charge in [-0.25, -0.2) is 0 Å². The maximum Gasteiger partial charge on any atom is 0.154 e. The fourth-order valence-electron chi connectivity index (χ4n) is 1.70. The van der Waals surface area contributed by atoms with Gasteiger partial charge in [-0.1, -0.05) is 6.92 Å². The summed E-state index contributed by atoms with van der Waals surface area (Å²) < 4.78 is 0. The highest BCUT2D eigenvalue weighted by molar-refractivity contribution is 5.50. The van der Waals surface area contributed by atoms with Gasteiger partial charge in [-0.3, -0.25) is 0 Å². The van der Waals surface area contributed by atoms with Crippen LogP contribution in [0.4, 0.5) is 5.82 Å². The lowest BCUT2D eigenvalue weighted by atomic mass is 9.97. The number of aromatic nitrogens is 2. The molecular weight excluding hydrogens is 232 g/mol. The summed E-state index contributed by atoms with van der Waals surface area (Å²) in [5.74, 6) is 0.533. The molecule has 1 heterocycles. The number of rotatable bonds is 6. The fraction of sp³-hybridized carbons (Fsp3) is 0.667. The third kappa shape index (κ3) is 2.77. The van der Waals surface area contributed by atoms with Gasteiger partial charge in [0.05, 0.1) is 24.4 Å². The molecule has 6 nitrogen and oxygen atoms in total. The Morgan fingerprint density at radius 3 is 2.28 bits per heavy atom. The van der Waals surface area contributed by atoms with Crippen molar-refractivity contribution in [1.82, 2.24) is 10.2 Å². The number of hydrogen-bond acceptors (Lipinski definition) is 6. The summed E-state index contributed by atoms with van der Waals surface area (Å²) in [6.45, 7) is 5.66. The molecule has 0 aliphatic carbocycles. The molecule has 6 heteroatoms. The molecule has 18 heavy (non-hydrogen) atoms. The Labute approximate surface area is 107 Å². The zero-order valence-electron chi connectivity index (χ0n) is 11.2. The molecule has 0 saturated carbocycles. The van der Waals surface area contributed by atoms with Crippen LogP contribution in [-0.2, 0) is 6.54 Å². The van der Waals surface area contributed by atoms with E-state index in [4.69, 9.17) is 5.73 Å². The number of hydrogen-bond donors (Lipinski definition) is 4. The fourth-order valence-corrected chi connectivity index (χ4v) is 1.70. The number of aryl methyl sites for hydroxylation is 1. The van der Waals surface area contributed by atoms with Crippen LogP contribution in [0, 0.1) is 13.8 Å². The van der Waals surface area contributed by atoms with Crippen LogP contribution in [0.3, 0.4) is 0 Å². The predicted molar refractivity (Wildman–Crippen MR) is 70.2 cm³/mol. The second-order valence-corrected chi connectivity index (χ2v) is 4.52. The molecular formula is C12H22N4O2. The van der Waals surface area contributed by atoms with Gasteiger partial charge in [0.15, 0.2) is 5.82 Å². The number of nitrogens with two attached hydrogens (primary N) is 1. The third-order valence-corrected chi connectivity index (χ3v) is 3.45. The number of aliphatic hydroxyl groups excluding tert-OH is 2. The summed E-state index contributed by atoms with van der Waals surface area (Å²) in [7, 11) is 0. The van der Waals surface area contributed by atoms with E-state index in [1.807, 2.05) is 20.8 Å². The van der Waals surface area contributed by atoms with Crippen LogP contribution in [0.5, 0.6) is 0 Å². The molecule has 5 N–H and O–H groups in total. The molecule has 1 aromatic rings. The Hall–Kier alpha value is -1.24. The summed E-state index contributed by atoms with van der Waals surface area (Å²) in [5.41, 5.74) is 7.61. The first-order chi connectivity index (χ1) is 8.53. The summed E-state index contributed by atoms with van der Waals surface area (Å²) in [4.78, 5) is 0. The van der Waals surface area contributed by atoms with Gasteiger partial charge in [0.25, 0.3) is 0 Å². The Bertz CT molecular complexity index is 397. The number of nitrogens with zero attached hydrogens (tertiary/aromatic N) is 2. The minimum absolute atomic E-state index is 0.182. The van der Waals surface area contributed by atoms with Crippen LogP contribution in [-0.4, -0.2) is 39.2 Å². The van der Waals surface area contributed by atoms with Gasteiger partial charge in [0.2, 0.25) is 0 Å². The molecule has 0 spiro atoms. The standard InChI is InChI=1S/C12H22N4O2/c1-4-12(6-17,7-18)14-11-10(5-13)8(2)9(3)15-16-11/h17-18H,4-7,13H2,1-3H3,(H,14,16). The zero-order chi connectivity index (χ0) is 13.8. The molecule has 0 atom stereocenters. The molecule has 0 saturated heterocycles. The lowest BCUT2D eigenvalue weighted by Gasteiger charge is -2.31. The monoisotopic (exact) mass is 254 g/mol. The number of nitrogens with one attached hydrogen (secondary N) is 1. The SMILES string of the molecule is CCC(CO)(CO)Nc1nnc(C)c(C)c1CN. The first-order valence-electron chi connectivity index (χ1n) is 6.06. The third-order valence-electron chi connectivity index (χ3n) is 3.45. The minimum Gasteiger partial charge on any atom is -0.394 e. The van der Waals surface area contributed by atoms with Crippen molar-refractivity contribution in [3.05, 3.63) is 16.8 Å². The van der Waals surface area contributed by atoms with Gasteiger partial charge in [-0.05, 0) is 25.8 Å². The van der Waals surface area contributed by atoms with E-state index in [0.29, 0.717) is 18.8 Å². The van der Waals surface area contributed by atoms with E-state index in [1.54, 1.807) is 0 Å². The molecule has 0 radical (unpaired) electrons. The lowest BCUT2D eigenvalue weighted by molar-refractivity contribution is 0.132. The highest BCUT2D eigenvalue weighted by Gasteiger charge is 2.28. The molecule has 1 rings (SSSR count). The van der Waals surface area contributed by atoms with Gasteiger partial charge in [-0.15, -0.1) is 5.10 Å². The number of aliphatic hydroxyl groups is 2. The molecule has 0 amide bonds. The molecule has 1 aromatic heterocycles. The van der Waals surface area contributed by atoms with Crippen molar-refractivity contribution in [2.45, 2.75) is 39.3 Å². The minimum atomic E-state index is -0.791. The zero-order valence-corrected chi connectivity index (χ0v) is 11.2.